The fraction of sp³-hybridized carbons (Fsp3) is 0.353. The summed E-state index contributed by atoms with van der Waals surface area (Å²) >= 11 is 1.34. The second-order valence-corrected chi connectivity index (χ2v) is 6.57. The highest BCUT2D eigenvalue weighted by atomic mass is 32.1. The first kappa shape index (κ1) is 17.1. The minimum atomic E-state index is -0.206. The average molecular weight is 331 g/mol. The normalized spacial score (nSPS) is 10.4. The van der Waals surface area contributed by atoms with E-state index in [1.165, 1.54) is 11.3 Å². The van der Waals surface area contributed by atoms with Crippen LogP contribution in [0.15, 0.2) is 24.4 Å². The number of nitrogens with one attached hydrogen (secondary N) is 2. The Morgan fingerprint density at radius 2 is 2.00 bits per heavy atom. The third-order valence-corrected chi connectivity index (χ3v) is 4.32. The molecule has 0 aliphatic rings. The molecule has 0 unspecified atom stereocenters. The molecule has 1 heterocycles. The van der Waals surface area contributed by atoms with Gasteiger partial charge in [-0.3, -0.25) is 9.59 Å². The van der Waals surface area contributed by atoms with E-state index in [4.69, 9.17) is 0 Å². The van der Waals surface area contributed by atoms with Crippen molar-refractivity contribution in [3.05, 3.63) is 45.4 Å². The van der Waals surface area contributed by atoms with E-state index in [-0.39, 0.29) is 11.8 Å². The molecule has 0 saturated carbocycles. The quantitative estimate of drug-likeness (QED) is 0.795. The summed E-state index contributed by atoms with van der Waals surface area (Å²) in [6.45, 7) is 6.48. The summed E-state index contributed by atoms with van der Waals surface area (Å²) in [6, 6.07) is 5.31. The van der Waals surface area contributed by atoms with Crippen molar-refractivity contribution in [1.29, 1.82) is 0 Å². The summed E-state index contributed by atoms with van der Waals surface area (Å²) < 4.78 is 0. The van der Waals surface area contributed by atoms with Crippen LogP contribution in [0, 0.1) is 13.8 Å². The maximum absolute atomic E-state index is 12.2. The topological polar surface area (TPSA) is 71.1 Å². The molecule has 0 fully saturated rings. The summed E-state index contributed by atoms with van der Waals surface area (Å²) in [6.07, 6.45) is 3.54. The van der Waals surface area contributed by atoms with Crippen molar-refractivity contribution >= 4 is 28.8 Å². The van der Waals surface area contributed by atoms with E-state index in [2.05, 4.69) is 22.5 Å². The van der Waals surface area contributed by atoms with E-state index < -0.39 is 0 Å². The van der Waals surface area contributed by atoms with Crippen LogP contribution in [0.5, 0.6) is 0 Å². The largest absolute Gasteiger partial charge is 0.352 e. The maximum Gasteiger partial charge on any atom is 0.267 e. The smallest absolute Gasteiger partial charge is 0.267 e. The van der Waals surface area contributed by atoms with Gasteiger partial charge < -0.3 is 10.6 Å². The molecule has 0 spiro atoms. The van der Waals surface area contributed by atoms with Gasteiger partial charge in [-0.25, -0.2) is 4.98 Å². The standard InChI is InChI=1S/C17H21N3O2S/c1-4-5-8-18-16(21)13-7-6-11(2)14(9-13)20-17(22)15-10-19-12(3)23-15/h6-7,9-10H,4-5,8H2,1-3H3,(H,18,21)(H,20,22). The number of aryl methyl sites for hydroxylation is 2. The van der Waals surface area contributed by atoms with E-state index >= 15 is 0 Å². The van der Waals surface area contributed by atoms with Crippen molar-refractivity contribution in [2.24, 2.45) is 0 Å². The Bertz CT molecular complexity index is 710. The number of unbranched alkanes of at least 4 members (excludes halogenated alkanes) is 1. The lowest BCUT2D eigenvalue weighted by Crippen LogP contribution is -2.24. The summed E-state index contributed by atoms with van der Waals surface area (Å²) in [5, 5.41) is 6.57. The molecule has 2 amide bonds. The molecule has 0 bridgehead atoms. The van der Waals surface area contributed by atoms with Crippen LogP contribution in [0.25, 0.3) is 0 Å². The average Bonchev–Trinajstić information content (AvgIpc) is 2.96. The van der Waals surface area contributed by atoms with Crippen LogP contribution < -0.4 is 10.6 Å². The Hall–Kier alpha value is -2.21. The molecule has 2 aromatic rings. The van der Waals surface area contributed by atoms with Crippen LogP contribution in [0.3, 0.4) is 0 Å². The number of thiazole rings is 1. The second kappa shape index (κ2) is 7.87. The minimum absolute atomic E-state index is 0.123. The van der Waals surface area contributed by atoms with Gasteiger partial charge in [0.2, 0.25) is 0 Å². The Morgan fingerprint density at radius 1 is 1.22 bits per heavy atom. The number of hydrogen-bond acceptors (Lipinski definition) is 4. The zero-order valence-electron chi connectivity index (χ0n) is 13.6. The second-order valence-electron chi connectivity index (χ2n) is 5.34. The molecule has 2 rings (SSSR count). The van der Waals surface area contributed by atoms with Gasteiger partial charge in [-0.05, 0) is 38.0 Å². The van der Waals surface area contributed by atoms with E-state index in [0.29, 0.717) is 22.7 Å². The fourth-order valence-corrected chi connectivity index (χ4v) is 2.70. The fourth-order valence-electron chi connectivity index (χ4n) is 2.03. The van der Waals surface area contributed by atoms with Crippen LogP contribution in [-0.2, 0) is 0 Å². The lowest BCUT2D eigenvalue weighted by Gasteiger charge is -2.10. The monoisotopic (exact) mass is 331 g/mol. The van der Waals surface area contributed by atoms with Gasteiger partial charge in [0.05, 0.1) is 11.2 Å². The first-order chi connectivity index (χ1) is 11.0. The Labute approximate surface area is 140 Å². The number of amides is 2. The van der Waals surface area contributed by atoms with Crippen LogP contribution in [0.1, 0.15) is 50.4 Å². The summed E-state index contributed by atoms with van der Waals surface area (Å²) in [5.41, 5.74) is 2.09. The number of aromatic nitrogens is 1. The summed E-state index contributed by atoms with van der Waals surface area (Å²) in [7, 11) is 0. The lowest BCUT2D eigenvalue weighted by atomic mass is 10.1. The highest BCUT2D eigenvalue weighted by Gasteiger charge is 2.13. The number of anilines is 1. The lowest BCUT2D eigenvalue weighted by molar-refractivity contribution is 0.0951. The number of carbonyl (C=O) groups is 2. The van der Waals surface area contributed by atoms with Crippen molar-refractivity contribution < 1.29 is 9.59 Å². The van der Waals surface area contributed by atoms with Crippen molar-refractivity contribution in [1.82, 2.24) is 10.3 Å². The molecule has 1 aromatic heterocycles. The summed E-state index contributed by atoms with van der Waals surface area (Å²) in [4.78, 5) is 29.0. The zero-order valence-corrected chi connectivity index (χ0v) is 14.4. The summed E-state index contributed by atoms with van der Waals surface area (Å²) in [5.74, 6) is -0.329. The molecular weight excluding hydrogens is 310 g/mol. The number of hydrogen-bond donors (Lipinski definition) is 2. The molecule has 0 atom stereocenters. The molecule has 0 radical (unpaired) electrons. The molecular formula is C17H21N3O2S. The maximum atomic E-state index is 12.2. The third-order valence-electron chi connectivity index (χ3n) is 3.41. The Balaban J connectivity index is 2.11. The van der Waals surface area contributed by atoms with E-state index in [0.717, 1.165) is 23.4 Å². The van der Waals surface area contributed by atoms with Crippen LogP contribution in [-0.4, -0.2) is 23.3 Å². The first-order valence-electron chi connectivity index (χ1n) is 7.64. The molecule has 0 aliphatic heterocycles. The van der Waals surface area contributed by atoms with E-state index in [1.807, 2.05) is 19.9 Å². The molecule has 0 saturated heterocycles. The molecule has 122 valence electrons. The highest BCUT2D eigenvalue weighted by Crippen LogP contribution is 2.20. The number of benzene rings is 1. The van der Waals surface area contributed by atoms with Crippen molar-refractivity contribution in [2.75, 3.05) is 11.9 Å². The van der Waals surface area contributed by atoms with Gasteiger partial charge in [-0.15, -0.1) is 11.3 Å². The van der Waals surface area contributed by atoms with Gasteiger partial charge in [0.1, 0.15) is 4.88 Å². The number of rotatable bonds is 6. The van der Waals surface area contributed by atoms with Crippen molar-refractivity contribution in [3.63, 3.8) is 0 Å². The van der Waals surface area contributed by atoms with Crippen molar-refractivity contribution in [2.45, 2.75) is 33.6 Å². The minimum Gasteiger partial charge on any atom is -0.352 e. The molecule has 0 aliphatic carbocycles. The van der Waals surface area contributed by atoms with Gasteiger partial charge in [-0.1, -0.05) is 19.4 Å². The molecule has 5 nitrogen and oxygen atoms in total. The molecule has 23 heavy (non-hydrogen) atoms. The predicted octanol–water partition coefficient (Wildman–Crippen LogP) is 3.54. The number of nitrogens with zero attached hydrogens (tertiary/aromatic N) is 1. The van der Waals surface area contributed by atoms with Gasteiger partial charge in [-0.2, -0.15) is 0 Å². The van der Waals surface area contributed by atoms with Crippen molar-refractivity contribution in [3.8, 4) is 0 Å². The molecule has 6 heteroatoms. The van der Waals surface area contributed by atoms with Gasteiger partial charge >= 0.3 is 0 Å². The molecule has 1 aromatic carbocycles. The zero-order chi connectivity index (χ0) is 16.8. The third kappa shape index (κ3) is 4.63. The van der Waals surface area contributed by atoms with Crippen LogP contribution in [0.4, 0.5) is 5.69 Å². The Morgan fingerprint density at radius 3 is 2.65 bits per heavy atom. The number of carbonyl (C=O) groups excluding carboxylic acids is 2. The van der Waals surface area contributed by atoms with Crippen LogP contribution in [0.2, 0.25) is 0 Å². The van der Waals surface area contributed by atoms with E-state index in [1.54, 1.807) is 18.3 Å². The first-order valence-corrected chi connectivity index (χ1v) is 8.45. The van der Waals surface area contributed by atoms with Crippen LogP contribution >= 0.6 is 11.3 Å². The van der Waals surface area contributed by atoms with Gasteiger partial charge in [0.15, 0.2) is 0 Å². The van der Waals surface area contributed by atoms with Gasteiger partial charge in [0.25, 0.3) is 11.8 Å². The predicted molar refractivity (Wildman–Crippen MR) is 93.2 cm³/mol. The van der Waals surface area contributed by atoms with Gasteiger partial charge in [0, 0.05) is 17.8 Å². The van der Waals surface area contributed by atoms with E-state index in [9.17, 15) is 9.59 Å². The SMILES string of the molecule is CCCCNC(=O)c1ccc(C)c(NC(=O)c2cnc(C)s2)c1. The Kier molecular flexibility index (Phi) is 5.87. The highest BCUT2D eigenvalue weighted by molar-refractivity contribution is 7.13. The molecule has 2 N–H and O–H groups in total.